The van der Waals surface area contributed by atoms with Gasteiger partial charge in [-0.15, -0.1) is 0 Å². The molecule has 2 aromatic heterocycles. The third-order valence-electron chi connectivity index (χ3n) is 5.23. The number of aromatic nitrogens is 3. The predicted octanol–water partition coefficient (Wildman–Crippen LogP) is 3.24. The molecule has 0 unspecified atom stereocenters. The summed E-state index contributed by atoms with van der Waals surface area (Å²) in [6.45, 7) is 3.58. The van der Waals surface area contributed by atoms with Crippen LogP contribution in [0.15, 0.2) is 36.7 Å². The molecule has 0 saturated carbocycles. The van der Waals surface area contributed by atoms with Crippen LogP contribution in [-0.4, -0.2) is 38.0 Å². The van der Waals surface area contributed by atoms with Crippen molar-refractivity contribution in [3.05, 3.63) is 53.7 Å². The van der Waals surface area contributed by atoms with Gasteiger partial charge in [0.2, 0.25) is 0 Å². The molecule has 0 N–H and O–H groups in total. The highest BCUT2D eigenvalue weighted by molar-refractivity contribution is 6.07. The summed E-state index contributed by atoms with van der Waals surface area (Å²) in [6.07, 6.45) is 6.12. The Morgan fingerprint density at radius 2 is 1.96 bits per heavy atom. The van der Waals surface area contributed by atoms with Crippen LogP contribution in [0.1, 0.15) is 40.6 Å². The van der Waals surface area contributed by atoms with Crippen molar-refractivity contribution in [2.45, 2.75) is 25.7 Å². The van der Waals surface area contributed by atoms with E-state index >= 15 is 0 Å². The molecule has 1 atom stereocenters. The molecule has 1 saturated heterocycles. The van der Waals surface area contributed by atoms with Crippen LogP contribution in [0.2, 0.25) is 0 Å². The quantitative estimate of drug-likeness (QED) is 0.721. The summed E-state index contributed by atoms with van der Waals surface area (Å²) in [4.78, 5) is 19.9. The summed E-state index contributed by atoms with van der Waals surface area (Å²) in [7, 11) is 4.04. The Balaban J connectivity index is 1.62. The minimum atomic E-state index is 0.132. The van der Waals surface area contributed by atoms with Crippen LogP contribution in [0, 0.1) is 6.92 Å². The molecule has 3 aromatic rings. The molecule has 1 fully saturated rings. The number of nitrogens with zero attached hydrogens (tertiary/aromatic N) is 4. The maximum atomic E-state index is 13.2. The lowest BCUT2D eigenvalue weighted by molar-refractivity contribution is 0.0705. The molecule has 0 radical (unpaired) electrons. The highest BCUT2D eigenvalue weighted by atomic mass is 16.2. The number of benzene rings is 1. The molecule has 5 nitrogen and oxygen atoms in total. The lowest BCUT2D eigenvalue weighted by atomic mass is 9.96. The lowest BCUT2D eigenvalue weighted by Gasteiger charge is -2.32. The minimum Gasteiger partial charge on any atom is -0.350 e. The van der Waals surface area contributed by atoms with Gasteiger partial charge < -0.3 is 14.0 Å². The highest BCUT2D eigenvalue weighted by Crippen LogP contribution is 2.29. The predicted molar refractivity (Wildman–Crippen MR) is 98.7 cm³/mol. The summed E-state index contributed by atoms with van der Waals surface area (Å²) < 4.78 is 4.14. The first-order chi connectivity index (χ1) is 12.0. The summed E-state index contributed by atoms with van der Waals surface area (Å²) in [6, 6.07) is 8.10. The average molecular weight is 336 g/mol. The van der Waals surface area contributed by atoms with Crippen LogP contribution < -0.4 is 0 Å². The normalized spacial score (nSPS) is 18.0. The summed E-state index contributed by atoms with van der Waals surface area (Å²) in [5.74, 6) is 1.53. The molecular weight excluding hydrogens is 312 g/mol. The number of imidazole rings is 1. The van der Waals surface area contributed by atoms with Gasteiger partial charge in [0.1, 0.15) is 5.82 Å². The van der Waals surface area contributed by atoms with Gasteiger partial charge in [0.05, 0.1) is 11.3 Å². The molecular formula is C20H24N4O. The van der Waals surface area contributed by atoms with Crippen molar-refractivity contribution in [1.82, 2.24) is 19.0 Å². The van der Waals surface area contributed by atoms with E-state index in [1.54, 1.807) is 0 Å². The lowest BCUT2D eigenvalue weighted by Crippen LogP contribution is -2.39. The Morgan fingerprint density at radius 3 is 2.72 bits per heavy atom. The molecule has 3 heterocycles. The first kappa shape index (κ1) is 15.9. The Labute approximate surface area is 147 Å². The number of rotatable bonds is 2. The zero-order valence-corrected chi connectivity index (χ0v) is 15.1. The average Bonchev–Trinajstić information content (AvgIpc) is 3.14. The Kier molecular flexibility index (Phi) is 3.86. The SMILES string of the molecule is Cc1cn(C)c([C@H]2CCCN(C(=O)c3cn(C)c4ccccc34)C2)n1. The van der Waals surface area contributed by atoms with Gasteiger partial charge in [-0.2, -0.15) is 0 Å². The zero-order valence-electron chi connectivity index (χ0n) is 15.1. The van der Waals surface area contributed by atoms with Crippen molar-refractivity contribution in [1.29, 1.82) is 0 Å². The van der Waals surface area contributed by atoms with Crippen LogP contribution in [-0.2, 0) is 14.1 Å². The Morgan fingerprint density at radius 1 is 1.16 bits per heavy atom. The second kappa shape index (κ2) is 6.06. The fraction of sp³-hybridized carbons (Fsp3) is 0.400. The van der Waals surface area contributed by atoms with E-state index in [1.165, 1.54) is 0 Å². The van der Waals surface area contributed by atoms with E-state index < -0.39 is 0 Å². The number of para-hydroxylation sites is 1. The number of amides is 1. The molecule has 25 heavy (non-hydrogen) atoms. The number of hydrogen-bond donors (Lipinski definition) is 0. The first-order valence-electron chi connectivity index (χ1n) is 8.88. The largest absolute Gasteiger partial charge is 0.350 e. The molecule has 1 amide bonds. The number of piperidine rings is 1. The van der Waals surface area contributed by atoms with Crippen molar-refractivity contribution in [2.24, 2.45) is 14.1 Å². The number of carbonyl (C=O) groups excluding carboxylic acids is 1. The number of aryl methyl sites for hydroxylation is 3. The van der Waals surface area contributed by atoms with Gasteiger partial charge in [0.15, 0.2) is 0 Å². The van der Waals surface area contributed by atoms with Crippen LogP contribution in [0.3, 0.4) is 0 Å². The molecule has 1 aliphatic heterocycles. The van der Waals surface area contributed by atoms with Crippen molar-refractivity contribution in [3.63, 3.8) is 0 Å². The van der Waals surface area contributed by atoms with E-state index in [4.69, 9.17) is 0 Å². The van der Waals surface area contributed by atoms with Gasteiger partial charge in [-0.3, -0.25) is 4.79 Å². The maximum absolute atomic E-state index is 13.2. The molecule has 5 heteroatoms. The van der Waals surface area contributed by atoms with Gasteiger partial charge in [-0.05, 0) is 25.8 Å². The summed E-state index contributed by atoms with van der Waals surface area (Å²) >= 11 is 0. The third-order valence-corrected chi connectivity index (χ3v) is 5.23. The molecule has 130 valence electrons. The maximum Gasteiger partial charge on any atom is 0.256 e. The van der Waals surface area contributed by atoms with Crippen molar-refractivity contribution in [2.75, 3.05) is 13.1 Å². The van der Waals surface area contributed by atoms with Gasteiger partial charge in [0, 0.05) is 56.4 Å². The number of carbonyl (C=O) groups is 1. The van der Waals surface area contributed by atoms with E-state index in [9.17, 15) is 4.79 Å². The van der Waals surface area contributed by atoms with Crippen LogP contribution in [0.4, 0.5) is 0 Å². The molecule has 1 aliphatic rings. The smallest absolute Gasteiger partial charge is 0.256 e. The van der Waals surface area contributed by atoms with Crippen LogP contribution >= 0.6 is 0 Å². The van der Waals surface area contributed by atoms with Gasteiger partial charge in [-0.25, -0.2) is 4.98 Å². The molecule has 0 bridgehead atoms. The number of fused-ring (bicyclic) bond motifs is 1. The Bertz CT molecular complexity index is 936. The molecule has 1 aromatic carbocycles. The van der Waals surface area contributed by atoms with Gasteiger partial charge in [0.25, 0.3) is 5.91 Å². The summed E-state index contributed by atoms with van der Waals surface area (Å²) in [5, 5.41) is 1.03. The monoisotopic (exact) mass is 336 g/mol. The Hall–Kier alpha value is -2.56. The first-order valence-corrected chi connectivity index (χ1v) is 8.88. The van der Waals surface area contributed by atoms with E-state index in [0.29, 0.717) is 5.92 Å². The van der Waals surface area contributed by atoms with Crippen molar-refractivity contribution < 1.29 is 4.79 Å². The fourth-order valence-electron chi connectivity index (χ4n) is 4.07. The molecule has 0 aliphatic carbocycles. The van der Waals surface area contributed by atoms with Crippen molar-refractivity contribution in [3.8, 4) is 0 Å². The van der Waals surface area contributed by atoms with Gasteiger partial charge >= 0.3 is 0 Å². The number of likely N-dealkylation sites (tertiary alicyclic amines) is 1. The van der Waals surface area contributed by atoms with E-state index in [-0.39, 0.29) is 5.91 Å². The molecule has 0 spiro atoms. The highest BCUT2D eigenvalue weighted by Gasteiger charge is 2.29. The van der Waals surface area contributed by atoms with Crippen molar-refractivity contribution >= 4 is 16.8 Å². The standard InChI is InChI=1S/C20H24N4O/c1-14-11-23(3)19(21-14)15-7-6-10-24(12-15)20(25)17-13-22(2)18-9-5-4-8-16(17)18/h4-5,8-9,11,13,15H,6-7,10,12H2,1-3H3/t15-/m0/s1. The second-order valence-corrected chi connectivity index (χ2v) is 7.11. The van der Waals surface area contributed by atoms with Crippen LogP contribution in [0.25, 0.3) is 10.9 Å². The second-order valence-electron chi connectivity index (χ2n) is 7.11. The van der Waals surface area contributed by atoms with E-state index in [0.717, 1.165) is 53.9 Å². The zero-order chi connectivity index (χ0) is 17.6. The van der Waals surface area contributed by atoms with Crippen LogP contribution in [0.5, 0.6) is 0 Å². The fourth-order valence-corrected chi connectivity index (χ4v) is 4.07. The number of hydrogen-bond acceptors (Lipinski definition) is 2. The van der Waals surface area contributed by atoms with E-state index in [2.05, 4.69) is 21.8 Å². The topological polar surface area (TPSA) is 43.1 Å². The molecule has 4 rings (SSSR count). The van der Waals surface area contributed by atoms with E-state index in [1.807, 2.05) is 54.9 Å². The summed E-state index contributed by atoms with van der Waals surface area (Å²) in [5.41, 5.74) is 2.93. The third kappa shape index (κ3) is 2.73. The minimum absolute atomic E-state index is 0.132. The van der Waals surface area contributed by atoms with Gasteiger partial charge in [-0.1, -0.05) is 18.2 Å².